The third-order valence-electron chi connectivity index (χ3n) is 5.18. The number of halogens is 4. The van der Waals surface area contributed by atoms with E-state index in [0.717, 1.165) is 16.7 Å². The van der Waals surface area contributed by atoms with Crippen molar-refractivity contribution in [1.82, 2.24) is 0 Å². The lowest BCUT2D eigenvalue weighted by Crippen LogP contribution is -2.25. The molecule has 0 atom stereocenters. The zero-order valence-electron chi connectivity index (χ0n) is 17.2. The molecule has 0 unspecified atom stereocenters. The van der Waals surface area contributed by atoms with E-state index < -0.39 is 5.41 Å². The van der Waals surface area contributed by atoms with E-state index >= 15 is 0 Å². The summed E-state index contributed by atoms with van der Waals surface area (Å²) in [5.41, 5.74) is 1.83. The highest BCUT2D eigenvalue weighted by Crippen LogP contribution is 2.46. The average molecular weight is 516 g/mol. The molecule has 0 aliphatic carbocycles. The first-order chi connectivity index (χ1) is 15.3. The first kappa shape index (κ1) is 25.0. The van der Waals surface area contributed by atoms with E-state index in [1.807, 2.05) is 37.3 Å². The molecule has 0 aromatic heterocycles. The molecule has 0 bridgehead atoms. The molecule has 3 aromatic carbocycles. The molecule has 0 aliphatic rings. The summed E-state index contributed by atoms with van der Waals surface area (Å²) in [5.74, 6) is 0.621. The zero-order chi connectivity index (χ0) is 23.3. The van der Waals surface area contributed by atoms with Gasteiger partial charge in [0.15, 0.2) is 11.5 Å². The van der Waals surface area contributed by atoms with Gasteiger partial charge >= 0.3 is 0 Å². The normalized spacial score (nSPS) is 11.5. The molecule has 3 rings (SSSR count). The summed E-state index contributed by atoms with van der Waals surface area (Å²) in [4.78, 5) is 0. The van der Waals surface area contributed by atoms with Crippen molar-refractivity contribution in [3.63, 3.8) is 0 Å². The maximum Gasteiger partial charge on any atom is 0.156 e. The van der Waals surface area contributed by atoms with Gasteiger partial charge in [-0.3, -0.25) is 0 Å². The van der Waals surface area contributed by atoms with Gasteiger partial charge in [-0.25, -0.2) is 0 Å². The van der Waals surface area contributed by atoms with Crippen molar-refractivity contribution >= 4 is 46.4 Å². The van der Waals surface area contributed by atoms with Crippen LogP contribution in [0.2, 0.25) is 20.1 Å². The van der Waals surface area contributed by atoms with Gasteiger partial charge in [0.25, 0.3) is 0 Å². The molecule has 3 aromatic rings. The molecule has 0 heterocycles. The maximum absolute atomic E-state index is 9.06. The molecular weight excluding hydrogens is 494 g/mol. The molecule has 0 saturated heterocycles. The minimum absolute atomic E-state index is 0.0786. The Morgan fingerprint density at radius 1 is 0.656 bits per heavy atom. The summed E-state index contributed by atoms with van der Waals surface area (Å²) in [6.45, 7) is 1.87. The molecule has 0 spiro atoms. The number of rotatable bonds is 9. The van der Waals surface area contributed by atoms with Crippen LogP contribution in [0.15, 0.2) is 54.6 Å². The first-order valence-corrected chi connectivity index (χ1v) is 11.4. The highest BCUT2D eigenvalue weighted by molar-refractivity contribution is 6.38. The molecule has 0 saturated carbocycles. The third-order valence-corrected chi connectivity index (χ3v) is 6.30. The third kappa shape index (κ3) is 5.12. The van der Waals surface area contributed by atoms with Gasteiger partial charge in [-0.15, -0.1) is 0 Å². The van der Waals surface area contributed by atoms with Gasteiger partial charge < -0.3 is 19.7 Å². The Bertz CT molecular complexity index is 963. The second-order valence-electron chi connectivity index (χ2n) is 7.17. The van der Waals surface area contributed by atoms with Crippen molar-refractivity contribution in [3.05, 3.63) is 91.4 Å². The molecule has 2 N–H and O–H groups in total. The van der Waals surface area contributed by atoms with E-state index in [1.54, 1.807) is 24.3 Å². The van der Waals surface area contributed by atoms with E-state index in [-0.39, 0.29) is 26.4 Å². The molecule has 0 amide bonds. The van der Waals surface area contributed by atoms with Crippen LogP contribution in [-0.2, 0) is 5.41 Å². The highest BCUT2D eigenvalue weighted by Gasteiger charge is 2.34. The zero-order valence-corrected chi connectivity index (χ0v) is 20.3. The minimum Gasteiger partial charge on any atom is -0.488 e. The molecule has 32 heavy (non-hydrogen) atoms. The van der Waals surface area contributed by atoms with Gasteiger partial charge in [0.1, 0.15) is 13.2 Å². The van der Waals surface area contributed by atoms with E-state index in [4.69, 9.17) is 66.1 Å². The number of aliphatic hydroxyl groups is 2. The van der Waals surface area contributed by atoms with Crippen LogP contribution in [0.25, 0.3) is 0 Å². The van der Waals surface area contributed by atoms with Crippen molar-refractivity contribution in [2.75, 3.05) is 26.4 Å². The van der Waals surface area contributed by atoms with Crippen molar-refractivity contribution in [3.8, 4) is 11.5 Å². The van der Waals surface area contributed by atoms with Gasteiger partial charge in [-0.05, 0) is 47.9 Å². The van der Waals surface area contributed by atoms with E-state index in [1.165, 1.54) is 0 Å². The molecule has 0 radical (unpaired) electrons. The van der Waals surface area contributed by atoms with Crippen molar-refractivity contribution in [2.45, 2.75) is 12.3 Å². The maximum atomic E-state index is 9.06. The predicted octanol–water partition coefficient (Wildman–Crippen LogP) is 6.40. The lowest BCUT2D eigenvalue weighted by atomic mass is 9.71. The second-order valence-corrected chi connectivity index (χ2v) is 8.80. The molecular formula is C24H22Cl4O4. The molecule has 8 heteroatoms. The lowest BCUT2D eigenvalue weighted by molar-refractivity contribution is 0.201. The summed E-state index contributed by atoms with van der Waals surface area (Å²) < 4.78 is 11.0. The van der Waals surface area contributed by atoms with Crippen LogP contribution in [0.4, 0.5) is 0 Å². The summed E-state index contributed by atoms with van der Waals surface area (Å²) in [7, 11) is 0. The number of aliphatic hydroxyl groups excluding tert-OH is 2. The Balaban J connectivity index is 2.20. The summed E-state index contributed by atoms with van der Waals surface area (Å²) in [6.07, 6.45) is 0. The fourth-order valence-electron chi connectivity index (χ4n) is 3.54. The molecule has 170 valence electrons. The largest absolute Gasteiger partial charge is 0.488 e. The van der Waals surface area contributed by atoms with Crippen molar-refractivity contribution < 1.29 is 19.7 Å². The van der Waals surface area contributed by atoms with Crippen LogP contribution in [0.5, 0.6) is 11.5 Å². The number of benzene rings is 3. The van der Waals surface area contributed by atoms with Crippen LogP contribution in [-0.4, -0.2) is 36.6 Å². The van der Waals surface area contributed by atoms with Crippen LogP contribution >= 0.6 is 46.4 Å². The van der Waals surface area contributed by atoms with Crippen LogP contribution < -0.4 is 9.47 Å². The van der Waals surface area contributed by atoms with Gasteiger partial charge in [-0.2, -0.15) is 0 Å². The second kappa shape index (κ2) is 11.0. The summed E-state index contributed by atoms with van der Waals surface area (Å²) in [6, 6.07) is 16.9. The Labute approximate surface area is 207 Å². The van der Waals surface area contributed by atoms with Gasteiger partial charge in [0.05, 0.1) is 33.3 Å². The Morgan fingerprint density at radius 3 is 1.38 bits per heavy atom. The fourth-order valence-corrected chi connectivity index (χ4v) is 4.73. The molecule has 4 nitrogen and oxygen atoms in total. The van der Waals surface area contributed by atoms with Crippen molar-refractivity contribution in [1.29, 1.82) is 0 Å². The lowest BCUT2D eigenvalue weighted by Gasteiger charge is -2.33. The van der Waals surface area contributed by atoms with Gasteiger partial charge in [0, 0.05) is 5.41 Å². The summed E-state index contributed by atoms with van der Waals surface area (Å²) >= 11 is 26.0. The Kier molecular flexibility index (Phi) is 8.56. The van der Waals surface area contributed by atoms with Gasteiger partial charge in [-0.1, -0.05) is 76.7 Å². The fraction of sp³-hybridized carbons (Fsp3) is 0.250. The predicted molar refractivity (Wildman–Crippen MR) is 130 cm³/mol. The monoisotopic (exact) mass is 514 g/mol. The number of hydrogen-bond donors (Lipinski definition) is 2. The molecule has 0 aliphatic heterocycles. The Hall–Kier alpha value is -1.66. The smallest absolute Gasteiger partial charge is 0.156 e. The SMILES string of the molecule is CC(c1ccccc1)(c1cc(Cl)c(OCCO)c(Cl)c1)c1cc(Cl)c(OCCO)c(Cl)c1. The highest BCUT2D eigenvalue weighted by atomic mass is 35.5. The van der Waals surface area contributed by atoms with Crippen LogP contribution in [0.3, 0.4) is 0 Å². The minimum atomic E-state index is -0.729. The summed E-state index contributed by atoms with van der Waals surface area (Å²) in [5, 5.41) is 19.4. The first-order valence-electron chi connectivity index (χ1n) is 9.84. The quantitative estimate of drug-likeness (QED) is 0.324. The van der Waals surface area contributed by atoms with Crippen molar-refractivity contribution in [2.24, 2.45) is 0 Å². The Morgan fingerprint density at radius 2 is 1.03 bits per heavy atom. The van der Waals surface area contributed by atoms with Crippen LogP contribution in [0.1, 0.15) is 23.6 Å². The number of ether oxygens (including phenoxy) is 2. The topological polar surface area (TPSA) is 58.9 Å². The van der Waals surface area contributed by atoms with E-state index in [2.05, 4.69) is 0 Å². The standard InChI is InChI=1S/C24H22Cl4O4/c1-24(15-5-3-2-4-6-15,16-11-18(25)22(19(26)12-16)31-9-7-29)17-13-20(27)23(21(28)14-17)32-10-8-30/h2-6,11-14,29-30H,7-10H2,1H3. The molecule has 0 fully saturated rings. The van der Waals surface area contributed by atoms with Gasteiger partial charge in [0.2, 0.25) is 0 Å². The number of hydrogen-bond acceptors (Lipinski definition) is 4. The van der Waals surface area contributed by atoms with Crippen LogP contribution in [0, 0.1) is 0 Å². The van der Waals surface area contributed by atoms with E-state index in [0.29, 0.717) is 31.6 Å². The average Bonchev–Trinajstić information content (AvgIpc) is 2.78. The van der Waals surface area contributed by atoms with E-state index in [9.17, 15) is 0 Å².